The van der Waals surface area contributed by atoms with Crippen molar-refractivity contribution in [3.8, 4) is 0 Å². The number of ether oxygens (including phenoxy) is 1. The van der Waals surface area contributed by atoms with Gasteiger partial charge in [-0.25, -0.2) is 0 Å². The Labute approximate surface area is 95.8 Å². The van der Waals surface area contributed by atoms with Crippen molar-refractivity contribution in [2.45, 2.75) is 6.92 Å². The molecule has 0 bridgehead atoms. The molecule has 0 aliphatic carbocycles. The van der Waals surface area contributed by atoms with Crippen LogP contribution in [-0.4, -0.2) is 43.0 Å². The fraction of sp³-hybridized carbons (Fsp3) is 0.455. The molecular weight excluding hydrogens is 208 g/mol. The third kappa shape index (κ3) is 6.78. The lowest BCUT2D eigenvalue weighted by Gasteiger charge is -2.25. The second-order valence-electron chi connectivity index (χ2n) is 3.05. The quantitative estimate of drug-likeness (QED) is 0.689. The number of carbonyl (C=O) groups excluding carboxylic acids is 2. The van der Waals surface area contributed by atoms with Crippen LogP contribution in [0.15, 0.2) is 25.4 Å². The minimum Gasteiger partial charge on any atom is -0.378 e. The Morgan fingerprint density at radius 1 is 1.31 bits per heavy atom. The summed E-state index contributed by atoms with van der Waals surface area (Å²) in [5.41, 5.74) is 0. The van der Waals surface area contributed by atoms with Crippen molar-refractivity contribution in [1.82, 2.24) is 10.2 Å². The van der Waals surface area contributed by atoms with E-state index in [2.05, 4.69) is 18.5 Å². The fourth-order valence-electron chi connectivity index (χ4n) is 1.06. The maximum atomic E-state index is 10.9. The first-order valence-electron chi connectivity index (χ1n) is 4.99. The van der Waals surface area contributed by atoms with Gasteiger partial charge in [0, 0.05) is 20.0 Å². The SMILES string of the molecule is C=CC(=O)N1CCOCC1.C=CNC(C)=O. The van der Waals surface area contributed by atoms with Crippen molar-refractivity contribution in [2.24, 2.45) is 0 Å². The second-order valence-corrected chi connectivity index (χ2v) is 3.05. The average molecular weight is 226 g/mol. The average Bonchev–Trinajstić information content (AvgIpc) is 2.30. The van der Waals surface area contributed by atoms with Gasteiger partial charge in [0.25, 0.3) is 0 Å². The molecule has 0 radical (unpaired) electrons. The van der Waals surface area contributed by atoms with E-state index in [0.29, 0.717) is 26.3 Å². The predicted octanol–water partition coefficient (Wildman–Crippen LogP) is 0.297. The topological polar surface area (TPSA) is 58.6 Å². The van der Waals surface area contributed by atoms with Crippen molar-refractivity contribution >= 4 is 11.8 Å². The van der Waals surface area contributed by atoms with Crippen molar-refractivity contribution < 1.29 is 14.3 Å². The van der Waals surface area contributed by atoms with Gasteiger partial charge < -0.3 is 15.0 Å². The van der Waals surface area contributed by atoms with Crippen LogP contribution in [0.4, 0.5) is 0 Å². The summed E-state index contributed by atoms with van der Waals surface area (Å²) in [5.74, 6) is -0.0756. The first-order valence-corrected chi connectivity index (χ1v) is 4.99. The van der Waals surface area contributed by atoms with Crippen LogP contribution < -0.4 is 5.32 Å². The van der Waals surface area contributed by atoms with Gasteiger partial charge in [0.2, 0.25) is 11.8 Å². The number of carbonyl (C=O) groups is 2. The smallest absolute Gasteiger partial charge is 0.246 e. The molecule has 1 aliphatic heterocycles. The summed E-state index contributed by atoms with van der Waals surface area (Å²) < 4.78 is 5.07. The Balaban J connectivity index is 0.000000325. The van der Waals surface area contributed by atoms with E-state index < -0.39 is 0 Å². The molecule has 0 aromatic heterocycles. The van der Waals surface area contributed by atoms with Gasteiger partial charge >= 0.3 is 0 Å². The lowest BCUT2D eigenvalue weighted by molar-refractivity contribution is -0.130. The molecule has 0 saturated carbocycles. The number of nitrogens with zero attached hydrogens (tertiary/aromatic N) is 1. The molecule has 16 heavy (non-hydrogen) atoms. The molecule has 5 nitrogen and oxygen atoms in total. The molecule has 1 saturated heterocycles. The summed E-state index contributed by atoms with van der Waals surface area (Å²) in [7, 11) is 0. The van der Waals surface area contributed by atoms with Crippen LogP contribution in [0.3, 0.4) is 0 Å². The highest BCUT2D eigenvalue weighted by molar-refractivity contribution is 5.87. The number of amides is 2. The van der Waals surface area contributed by atoms with Crippen LogP contribution >= 0.6 is 0 Å². The Morgan fingerprint density at radius 3 is 2.19 bits per heavy atom. The zero-order valence-electron chi connectivity index (χ0n) is 9.57. The van der Waals surface area contributed by atoms with Gasteiger partial charge in [-0.05, 0) is 12.3 Å². The third-order valence-electron chi connectivity index (χ3n) is 1.80. The zero-order chi connectivity index (χ0) is 12.4. The first kappa shape index (κ1) is 14.4. The number of rotatable bonds is 2. The Bertz CT molecular complexity index is 258. The molecule has 1 heterocycles. The lowest BCUT2D eigenvalue weighted by Crippen LogP contribution is -2.39. The highest BCUT2D eigenvalue weighted by atomic mass is 16.5. The van der Waals surface area contributed by atoms with Gasteiger partial charge in [0.05, 0.1) is 13.2 Å². The van der Waals surface area contributed by atoms with Gasteiger partial charge in [0.1, 0.15) is 0 Å². The van der Waals surface area contributed by atoms with E-state index in [1.54, 1.807) is 4.90 Å². The molecule has 1 fully saturated rings. The number of hydrogen-bond acceptors (Lipinski definition) is 3. The predicted molar refractivity (Wildman–Crippen MR) is 61.6 cm³/mol. The van der Waals surface area contributed by atoms with E-state index in [4.69, 9.17) is 4.74 Å². The highest BCUT2D eigenvalue weighted by Gasteiger charge is 2.12. The number of morpholine rings is 1. The van der Waals surface area contributed by atoms with Crippen molar-refractivity contribution in [1.29, 1.82) is 0 Å². The van der Waals surface area contributed by atoms with Crippen molar-refractivity contribution in [3.63, 3.8) is 0 Å². The molecule has 90 valence electrons. The monoisotopic (exact) mass is 226 g/mol. The number of hydrogen-bond donors (Lipinski definition) is 1. The first-order chi connectivity index (χ1) is 7.61. The molecule has 0 atom stereocenters. The minimum absolute atomic E-state index is 0.00306. The fourth-order valence-corrected chi connectivity index (χ4v) is 1.06. The summed E-state index contributed by atoms with van der Waals surface area (Å²) in [6.45, 7) is 10.8. The van der Waals surface area contributed by atoms with Crippen molar-refractivity contribution in [2.75, 3.05) is 26.3 Å². The summed E-state index contributed by atoms with van der Waals surface area (Å²) in [5, 5.41) is 2.33. The molecule has 1 rings (SSSR count). The van der Waals surface area contributed by atoms with E-state index in [-0.39, 0.29) is 11.8 Å². The standard InChI is InChI=1S/C7H11NO2.C4H7NO/c1-2-7(9)8-3-5-10-6-4-8;1-3-5-4(2)6/h2H,1,3-6H2;3H,1H2,2H3,(H,5,6). The summed E-state index contributed by atoms with van der Waals surface area (Å²) in [6.07, 6.45) is 2.69. The van der Waals surface area contributed by atoms with Crippen LogP contribution in [0.1, 0.15) is 6.92 Å². The van der Waals surface area contributed by atoms with Gasteiger partial charge in [-0.2, -0.15) is 0 Å². The van der Waals surface area contributed by atoms with E-state index >= 15 is 0 Å². The van der Waals surface area contributed by atoms with E-state index in [1.165, 1.54) is 19.2 Å². The number of nitrogens with one attached hydrogen (secondary N) is 1. The highest BCUT2D eigenvalue weighted by Crippen LogP contribution is 1.96. The Kier molecular flexibility index (Phi) is 7.79. The maximum absolute atomic E-state index is 10.9. The summed E-state index contributed by atoms with van der Waals surface area (Å²) >= 11 is 0. The Morgan fingerprint density at radius 2 is 1.88 bits per heavy atom. The van der Waals surface area contributed by atoms with Crippen LogP contribution in [0, 0.1) is 0 Å². The summed E-state index contributed by atoms with van der Waals surface area (Å²) in [4.78, 5) is 22.5. The largest absolute Gasteiger partial charge is 0.378 e. The van der Waals surface area contributed by atoms with Crippen LogP contribution in [0.25, 0.3) is 0 Å². The van der Waals surface area contributed by atoms with Crippen LogP contribution in [-0.2, 0) is 14.3 Å². The molecule has 0 unspecified atom stereocenters. The lowest BCUT2D eigenvalue weighted by atomic mass is 10.4. The molecule has 0 aromatic rings. The Hall–Kier alpha value is -1.62. The van der Waals surface area contributed by atoms with E-state index in [9.17, 15) is 9.59 Å². The molecule has 2 amide bonds. The molecule has 1 N–H and O–H groups in total. The van der Waals surface area contributed by atoms with Gasteiger partial charge in [-0.1, -0.05) is 13.2 Å². The van der Waals surface area contributed by atoms with Crippen LogP contribution in [0.5, 0.6) is 0 Å². The molecular formula is C11H18N2O3. The van der Waals surface area contributed by atoms with E-state index in [0.717, 1.165) is 0 Å². The normalized spacial score (nSPS) is 14.2. The van der Waals surface area contributed by atoms with Gasteiger partial charge in [-0.3, -0.25) is 9.59 Å². The molecule has 5 heteroatoms. The van der Waals surface area contributed by atoms with Crippen LogP contribution in [0.2, 0.25) is 0 Å². The zero-order valence-corrected chi connectivity index (χ0v) is 9.57. The maximum Gasteiger partial charge on any atom is 0.246 e. The van der Waals surface area contributed by atoms with Gasteiger partial charge in [0.15, 0.2) is 0 Å². The molecule has 1 aliphatic rings. The van der Waals surface area contributed by atoms with Crippen molar-refractivity contribution in [3.05, 3.63) is 25.4 Å². The van der Waals surface area contributed by atoms with E-state index in [1.807, 2.05) is 0 Å². The molecule has 0 aromatic carbocycles. The van der Waals surface area contributed by atoms with Gasteiger partial charge in [-0.15, -0.1) is 0 Å². The second kappa shape index (κ2) is 8.67. The summed E-state index contributed by atoms with van der Waals surface area (Å²) in [6, 6.07) is 0. The third-order valence-corrected chi connectivity index (χ3v) is 1.80. The minimum atomic E-state index is -0.0787. The molecule has 0 spiro atoms.